The molecule has 1 atom stereocenters. The summed E-state index contributed by atoms with van der Waals surface area (Å²) in [6, 6.07) is 5.34. The molecule has 0 aromatic carbocycles. The largest absolute Gasteiger partial charge is 0.418 e. The van der Waals surface area contributed by atoms with Crippen LogP contribution < -0.4 is 0 Å². The first kappa shape index (κ1) is 15.6. The summed E-state index contributed by atoms with van der Waals surface area (Å²) in [5.74, 6) is -3.44. The zero-order valence-corrected chi connectivity index (χ0v) is 10.8. The normalized spacial score (nSPS) is 12.5. The monoisotopic (exact) mass is 309 g/mol. The second-order valence-corrected chi connectivity index (χ2v) is 4.22. The van der Waals surface area contributed by atoms with E-state index in [0.29, 0.717) is 6.07 Å². The highest BCUT2D eigenvalue weighted by molar-refractivity contribution is 6.02. The molecule has 0 aliphatic rings. The summed E-state index contributed by atoms with van der Waals surface area (Å²) >= 11 is 0. The van der Waals surface area contributed by atoms with Crippen molar-refractivity contribution in [1.82, 2.24) is 9.97 Å². The Bertz CT molecular complexity index is 735. The first-order chi connectivity index (χ1) is 10.3. The van der Waals surface area contributed by atoms with E-state index in [2.05, 4.69) is 9.97 Å². The van der Waals surface area contributed by atoms with Crippen LogP contribution in [-0.2, 0) is 6.18 Å². The fraction of sp³-hybridized carbons (Fsp3) is 0.143. The van der Waals surface area contributed by atoms with Crippen molar-refractivity contribution in [1.29, 1.82) is 5.26 Å². The molecule has 112 valence electrons. The standard InChI is InChI=1S/C14H7F4N3O/c15-8-3-4-11(21-7-8)9(6-19)13(22)12-10(14(16,17)18)2-1-5-20-12/h1-5,7,9H/t9-/m0/s1. The van der Waals surface area contributed by atoms with E-state index >= 15 is 0 Å². The number of nitrogens with zero attached hydrogens (tertiary/aromatic N) is 3. The van der Waals surface area contributed by atoms with Crippen molar-refractivity contribution >= 4 is 5.78 Å². The molecular formula is C14H7F4N3O. The number of hydrogen-bond acceptors (Lipinski definition) is 4. The van der Waals surface area contributed by atoms with E-state index in [4.69, 9.17) is 5.26 Å². The number of Topliss-reactive ketones (excluding diaryl/α,β-unsaturated/α-hetero) is 1. The molecule has 0 bridgehead atoms. The van der Waals surface area contributed by atoms with Gasteiger partial charge < -0.3 is 0 Å². The van der Waals surface area contributed by atoms with Crippen molar-refractivity contribution in [2.24, 2.45) is 0 Å². The Morgan fingerprint density at radius 2 is 1.95 bits per heavy atom. The lowest BCUT2D eigenvalue weighted by Crippen LogP contribution is -2.20. The lowest BCUT2D eigenvalue weighted by molar-refractivity contribution is -0.138. The highest BCUT2D eigenvalue weighted by Gasteiger charge is 2.38. The van der Waals surface area contributed by atoms with Crippen LogP contribution in [0.1, 0.15) is 27.7 Å². The molecule has 2 heterocycles. The van der Waals surface area contributed by atoms with E-state index in [1.807, 2.05) is 0 Å². The SMILES string of the molecule is N#C[C@H](C(=O)c1ncccc1C(F)(F)F)c1ccc(F)cn1. The Kier molecular flexibility index (Phi) is 4.17. The first-order valence-corrected chi connectivity index (χ1v) is 5.92. The fourth-order valence-corrected chi connectivity index (χ4v) is 1.78. The maximum atomic E-state index is 12.9. The maximum Gasteiger partial charge on any atom is 0.418 e. The molecule has 0 saturated heterocycles. The molecule has 0 saturated carbocycles. The number of nitriles is 1. The minimum atomic E-state index is -4.78. The van der Waals surface area contributed by atoms with Gasteiger partial charge in [0.05, 0.1) is 23.5 Å². The summed E-state index contributed by atoms with van der Waals surface area (Å²) < 4.78 is 51.5. The minimum Gasteiger partial charge on any atom is -0.290 e. The molecule has 22 heavy (non-hydrogen) atoms. The van der Waals surface area contributed by atoms with E-state index < -0.39 is 35.0 Å². The molecule has 0 radical (unpaired) electrons. The highest BCUT2D eigenvalue weighted by atomic mass is 19.4. The van der Waals surface area contributed by atoms with Gasteiger partial charge in [0.1, 0.15) is 11.5 Å². The van der Waals surface area contributed by atoms with Gasteiger partial charge in [-0.05, 0) is 24.3 Å². The van der Waals surface area contributed by atoms with E-state index in [1.165, 1.54) is 0 Å². The number of ketones is 1. The van der Waals surface area contributed by atoms with E-state index in [-0.39, 0.29) is 5.69 Å². The molecule has 4 nitrogen and oxygen atoms in total. The van der Waals surface area contributed by atoms with Gasteiger partial charge in [0, 0.05) is 6.20 Å². The topological polar surface area (TPSA) is 66.6 Å². The lowest BCUT2D eigenvalue weighted by atomic mass is 9.96. The van der Waals surface area contributed by atoms with E-state index in [1.54, 1.807) is 6.07 Å². The average molecular weight is 309 g/mol. The third-order valence-electron chi connectivity index (χ3n) is 2.78. The molecule has 0 N–H and O–H groups in total. The molecule has 2 aromatic rings. The summed E-state index contributed by atoms with van der Waals surface area (Å²) in [6.45, 7) is 0. The molecule has 0 aliphatic carbocycles. The number of hydrogen-bond donors (Lipinski definition) is 0. The van der Waals surface area contributed by atoms with Crippen LogP contribution in [0.5, 0.6) is 0 Å². The average Bonchev–Trinajstić information content (AvgIpc) is 2.49. The number of aromatic nitrogens is 2. The summed E-state index contributed by atoms with van der Waals surface area (Å²) in [6.07, 6.45) is -2.99. The van der Waals surface area contributed by atoms with Crippen molar-refractivity contribution in [3.05, 3.63) is 59.4 Å². The van der Waals surface area contributed by atoms with Gasteiger partial charge in [0.15, 0.2) is 5.92 Å². The van der Waals surface area contributed by atoms with Crippen molar-refractivity contribution in [2.75, 3.05) is 0 Å². The predicted octanol–water partition coefficient (Wildman–Crippen LogP) is 3.12. The maximum absolute atomic E-state index is 12.9. The molecule has 2 aromatic heterocycles. The molecule has 0 fully saturated rings. The highest BCUT2D eigenvalue weighted by Crippen LogP contribution is 2.32. The number of halogens is 4. The van der Waals surface area contributed by atoms with Gasteiger partial charge >= 0.3 is 6.18 Å². The number of pyridine rings is 2. The van der Waals surface area contributed by atoms with Gasteiger partial charge in [-0.2, -0.15) is 18.4 Å². The van der Waals surface area contributed by atoms with Gasteiger partial charge in [-0.15, -0.1) is 0 Å². The van der Waals surface area contributed by atoms with Crippen LogP contribution >= 0.6 is 0 Å². The quantitative estimate of drug-likeness (QED) is 0.645. The minimum absolute atomic E-state index is 0.146. The van der Waals surface area contributed by atoms with Crippen LogP contribution in [-0.4, -0.2) is 15.8 Å². The number of carbonyl (C=O) groups is 1. The van der Waals surface area contributed by atoms with Crippen molar-refractivity contribution in [3.8, 4) is 6.07 Å². The van der Waals surface area contributed by atoms with Crippen LogP contribution in [0.3, 0.4) is 0 Å². The number of alkyl halides is 3. The van der Waals surface area contributed by atoms with E-state index in [0.717, 1.165) is 30.6 Å². The van der Waals surface area contributed by atoms with Crippen LogP contribution in [0.15, 0.2) is 36.7 Å². The van der Waals surface area contributed by atoms with E-state index in [9.17, 15) is 22.4 Å². The van der Waals surface area contributed by atoms with Crippen molar-refractivity contribution in [3.63, 3.8) is 0 Å². The number of rotatable bonds is 3. The molecule has 0 amide bonds. The van der Waals surface area contributed by atoms with Crippen molar-refractivity contribution in [2.45, 2.75) is 12.1 Å². The van der Waals surface area contributed by atoms with Crippen LogP contribution in [0.2, 0.25) is 0 Å². The van der Waals surface area contributed by atoms with Gasteiger partial charge in [-0.25, -0.2) is 4.39 Å². The Morgan fingerprint density at radius 3 is 2.50 bits per heavy atom. The fourth-order valence-electron chi connectivity index (χ4n) is 1.78. The third-order valence-corrected chi connectivity index (χ3v) is 2.78. The Hall–Kier alpha value is -2.82. The Labute approximate surface area is 122 Å². The summed E-state index contributed by atoms with van der Waals surface area (Å²) in [5, 5.41) is 9.06. The lowest BCUT2D eigenvalue weighted by Gasteiger charge is -2.13. The first-order valence-electron chi connectivity index (χ1n) is 5.92. The zero-order valence-electron chi connectivity index (χ0n) is 10.8. The molecule has 2 rings (SSSR count). The second kappa shape index (κ2) is 5.89. The smallest absolute Gasteiger partial charge is 0.290 e. The molecule has 8 heteroatoms. The van der Waals surface area contributed by atoms with Crippen LogP contribution in [0.25, 0.3) is 0 Å². The molecule has 0 aliphatic heterocycles. The van der Waals surface area contributed by atoms with Gasteiger partial charge in [0.25, 0.3) is 0 Å². The molecular weight excluding hydrogens is 302 g/mol. The summed E-state index contributed by atoms with van der Waals surface area (Å²) in [7, 11) is 0. The predicted molar refractivity (Wildman–Crippen MR) is 66.1 cm³/mol. The summed E-state index contributed by atoms with van der Waals surface area (Å²) in [4.78, 5) is 19.2. The Morgan fingerprint density at radius 1 is 1.23 bits per heavy atom. The van der Waals surface area contributed by atoms with Gasteiger partial charge in [0.2, 0.25) is 5.78 Å². The van der Waals surface area contributed by atoms with Crippen LogP contribution in [0.4, 0.5) is 17.6 Å². The molecule has 0 spiro atoms. The Balaban J connectivity index is 2.47. The third kappa shape index (κ3) is 3.09. The molecule has 0 unspecified atom stereocenters. The van der Waals surface area contributed by atoms with Crippen molar-refractivity contribution < 1.29 is 22.4 Å². The van der Waals surface area contributed by atoms with Crippen LogP contribution in [0, 0.1) is 17.1 Å². The number of carbonyl (C=O) groups excluding carboxylic acids is 1. The van der Waals surface area contributed by atoms with Gasteiger partial charge in [-0.3, -0.25) is 14.8 Å². The van der Waals surface area contributed by atoms with Gasteiger partial charge in [-0.1, -0.05) is 0 Å². The summed E-state index contributed by atoms with van der Waals surface area (Å²) in [5.41, 5.74) is -2.25. The zero-order chi connectivity index (χ0) is 16.3. The second-order valence-electron chi connectivity index (χ2n) is 4.22.